The minimum Gasteiger partial charge on any atom is -0.241 e. The largest absolute Gasteiger partial charge is 0.241 e. The van der Waals surface area contributed by atoms with Gasteiger partial charge in [0.1, 0.15) is 16.8 Å². The fourth-order valence-electron chi connectivity index (χ4n) is 2.15. The molecule has 2 atom stereocenters. The van der Waals surface area contributed by atoms with Crippen LogP contribution in [0, 0.1) is 5.82 Å². The normalized spacial score (nSPS) is 30.9. The molecule has 6 heteroatoms. The molecule has 3 nitrogen and oxygen atoms in total. The van der Waals surface area contributed by atoms with E-state index in [0.29, 0.717) is 5.56 Å². The second-order valence-electron chi connectivity index (χ2n) is 4.18. The summed E-state index contributed by atoms with van der Waals surface area (Å²) in [5, 5.41) is 0. The Hall–Kier alpha value is -0.300. The lowest BCUT2D eigenvalue weighted by atomic mass is 10.0. The van der Waals surface area contributed by atoms with Crippen LogP contribution in [0.1, 0.15) is 24.4 Å². The first-order valence-corrected chi connectivity index (χ1v) is 6.96. The van der Waals surface area contributed by atoms with Crippen LogP contribution < -0.4 is 10.3 Å². The van der Waals surface area contributed by atoms with Crippen LogP contribution in [0.25, 0.3) is 0 Å². The highest BCUT2D eigenvalue weighted by atomic mass is 79.9. The first-order chi connectivity index (χ1) is 7.63. The van der Waals surface area contributed by atoms with Crippen LogP contribution in [0.3, 0.4) is 0 Å². The van der Waals surface area contributed by atoms with Gasteiger partial charge in [-0.1, -0.05) is 15.9 Å². The van der Waals surface area contributed by atoms with E-state index in [1.807, 2.05) is 0 Å². The molecule has 1 aliphatic carbocycles. The van der Waals surface area contributed by atoms with E-state index in [-0.39, 0.29) is 16.6 Å². The summed E-state index contributed by atoms with van der Waals surface area (Å²) in [5.41, 5.74) is 3.51. The van der Waals surface area contributed by atoms with Crippen molar-refractivity contribution in [1.82, 2.24) is 10.3 Å². The Bertz CT molecular complexity index is 478. The molecule has 0 bridgehead atoms. The molecule has 86 valence electrons. The van der Waals surface area contributed by atoms with Crippen molar-refractivity contribution in [2.45, 2.75) is 23.6 Å². The van der Waals surface area contributed by atoms with Gasteiger partial charge in [-0.05, 0) is 31.0 Å². The average Bonchev–Trinajstić information content (AvgIpc) is 2.97. The van der Waals surface area contributed by atoms with Crippen LogP contribution in [-0.4, -0.2) is 8.96 Å². The zero-order valence-electron chi connectivity index (χ0n) is 8.30. The van der Waals surface area contributed by atoms with Gasteiger partial charge in [0.15, 0.2) is 0 Å². The molecule has 2 unspecified atom stereocenters. The summed E-state index contributed by atoms with van der Waals surface area (Å²) in [6, 6.07) is 4.64. The molecule has 1 heterocycles. The molecule has 1 spiro atoms. The molecular formula is C10H10BrFN2OS. The van der Waals surface area contributed by atoms with Crippen molar-refractivity contribution in [2.75, 3.05) is 0 Å². The SMILES string of the molecule is O=S1NNC(c2cc(Br)ccc2F)C12CC2. The highest BCUT2D eigenvalue weighted by Gasteiger charge is 2.59. The van der Waals surface area contributed by atoms with Crippen molar-refractivity contribution < 1.29 is 8.60 Å². The quantitative estimate of drug-likeness (QED) is 0.832. The molecule has 1 aliphatic heterocycles. The predicted octanol–water partition coefficient (Wildman–Crippen LogP) is 1.93. The Morgan fingerprint density at radius 3 is 2.94 bits per heavy atom. The van der Waals surface area contributed by atoms with Crippen LogP contribution in [-0.2, 0) is 11.0 Å². The molecule has 0 radical (unpaired) electrons. The number of hydrazine groups is 1. The van der Waals surface area contributed by atoms with E-state index in [0.717, 1.165) is 17.3 Å². The highest BCUT2D eigenvalue weighted by Crippen LogP contribution is 2.53. The Morgan fingerprint density at radius 2 is 2.25 bits per heavy atom. The van der Waals surface area contributed by atoms with Crippen LogP contribution in [0.5, 0.6) is 0 Å². The zero-order chi connectivity index (χ0) is 11.3. The van der Waals surface area contributed by atoms with Crippen molar-refractivity contribution in [1.29, 1.82) is 0 Å². The number of hydrogen-bond donors (Lipinski definition) is 2. The molecule has 2 N–H and O–H groups in total. The standard InChI is InChI=1S/C10H10BrFN2OS/c11-6-1-2-8(12)7(5-6)9-10(3-4-10)16(15)14-13-9/h1-2,5,9,13-14H,3-4H2. The lowest BCUT2D eigenvalue weighted by Crippen LogP contribution is -2.27. The van der Waals surface area contributed by atoms with E-state index in [1.54, 1.807) is 12.1 Å². The summed E-state index contributed by atoms with van der Waals surface area (Å²) in [4.78, 5) is 2.71. The van der Waals surface area contributed by atoms with E-state index < -0.39 is 11.0 Å². The van der Waals surface area contributed by atoms with Gasteiger partial charge in [-0.25, -0.2) is 14.0 Å². The van der Waals surface area contributed by atoms with Gasteiger partial charge in [-0.3, -0.25) is 0 Å². The van der Waals surface area contributed by atoms with E-state index >= 15 is 0 Å². The average molecular weight is 305 g/mol. The number of hydrogen-bond acceptors (Lipinski definition) is 2. The van der Waals surface area contributed by atoms with Crippen molar-refractivity contribution in [3.63, 3.8) is 0 Å². The third-order valence-electron chi connectivity index (χ3n) is 3.20. The van der Waals surface area contributed by atoms with Crippen LogP contribution in [0.2, 0.25) is 0 Å². The second-order valence-corrected chi connectivity index (χ2v) is 6.65. The van der Waals surface area contributed by atoms with Gasteiger partial charge in [-0.2, -0.15) is 4.83 Å². The van der Waals surface area contributed by atoms with Gasteiger partial charge in [0, 0.05) is 10.0 Å². The van der Waals surface area contributed by atoms with Gasteiger partial charge in [0.2, 0.25) is 0 Å². The predicted molar refractivity (Wildman–Crippen MR) is 63.2 cm³/mol. The van der Waals surface area contributed by atoms with Gasteiger partial charge in [0.25, 0.3) is 0 Å². The molecule has 2 aliphatic rings. The first-order valence-electron chi connectivity index (χ1n) is 5.01. The summed E-state index contributed by atoms with van der Waals surface area (Å²) < 4.78 is 26.0. The lowest BCUT2D eigenvalue weighted by molar-refractivity contribution is 0.501. The van der Waals surface area contributed by atoms with E-state index in [1.165, 1.54) is 6.07 Å². The summed E-state index contributed by atoms with van der Waals surface area (Å²) in [6.45, 7) is 0. The van der Waals surface area contributed by atoms with Crippen LogP contribution >= 0.6 is 15.9 Å². The smallest absolute Gasteiger partial charge is 0.128 e. The third kappa shape index (κ3) is 1.48. The zero-order valence-corrected chi connectivity index (χ0v) is 10.7. The van der Waals surface area contributed by atoms with Gasteiger partial charge in [0.05, 0.1) is 10.8 Å². The molecule has 1 saturated carbocycles. The van der Waals surface area contributed by atoms with Crippen LogP contribution in [0.4, 0.5) is 4.39 Å². The molecule has 1 aromatic carbocycles. The number of halogens is 2. The van der Waals surface area contributed by atoms with E-state index in [2.05, 4.69) is 26.2 Å². The fraction of sp³-hybridized carbons (Fsp3) is 0.400. The third-order valence-corrected chi connectivity index (χ3v) is 5.38. The lowest BCUT2D eigenvalue weighted by Gasteiger charge is -2.16. The highest BCUT2D eigenvalue weighted by molar-refractivity contribution is 9.10. The molecule has 0 aromatic heterocycles. The van der Waals surface area contributed by atoms with Gasteiger partial charge < -0.3 is 0 Å². The number of nitrogens with one attached hydrogen (secondary N) is 2. The monoisotopic (exact) mass is 304 g/mol. The molecule has 3 rings (SSSR count). The molecule has 2 fully saturated rings. The van der Waals surface area contributed by atoms with Gasteiger partial charge >= 0.3 is 0 Å². The van der Waals surface area contributed by atoms with Crippen molar-refractivity contribution in [3.05, 3.63) is 34.1 Å². The summed E-state index contributed by atoms with van der Waals surface area (Å²) in [6.07, 6.45) is 1.74. The number of rotatable bonds is 1. The Labute approximate surface area is 103 Å². The first kappa shape index (κ1) is 10.8. The molecular weight excluding hydrogens is 295 g/mol. The summed E-state index contributed by atoms with van der Waals surface area (Å²) in [7, 11) is -1.11. The van der Waals surface area contributed by atoms with Crippen molar-refractivity contribution in [3.8, 4) is 0 Å². The number of benzene rings is 1. The topological polar surface area (TPSA) is 41.1 Å². The van der Waals surface area contributed by atoms with E-state index in [4.69, 9.17) is 0 Å². The molecule has 16 heavy (non-hydrogen) atoms. The Balaban J connectivity index is 2.04. The fourth-order valence-corrected chi connectivity index (χ4v) is 3.83. The maximum Gasteiger partial charge on any atom is 0.128 e. The Morgan fingerprint density at radius 1 is 1.50 bits per heavy atom. The molecule has 1 saturated heterocycles. The maximum absolute atomic E-state index is 13.7. The van der Waals surface area contributed by atoms with Crippen LogP contribution in [0.15, 0.2) is 22.7 Å². The van der Waals surface area contributed by atoms with Crippen molar-refractivity contribution >= 4 is 26.9 Å². The molecule has 1 aromatic rings. The summed E-state index contributed by atoms with van der Waals surface area (Å²) in [5.74, 6) is -0.257. The Kier molecular flexibility index (Phi) is 2.43. The van der Waals surface area contributed by atoms with Crippen molar-refractivity contribution in [2.24, 2.45) is 0 Å². The summed E-state index contributed by atoms with van der Waals surface area (Å²) >= 11 is 3.33. The minimum atomic E-state index is -1.11. The minimum absolute atomic E-state index is 0.203. The second kappa shape index (κ2) is 3.60. The maximum atomic E-state index is 13.7. The van der Waals surface area contributed by atoms with Gasteiger partial charge in [-0.15, -0.1) is 0 Å². The van der Waals surface area contributed by atoms with E-state index in [9.17, 15) is 8.60 Å². The molecule has 0 amide bonds.